The van der Waals surface area contributed by atoms with Gasteiger partial charge in [0, 0.05) is 13.6 Å². The Labute approximate surface area is 115 Å². The van der Waals surface area contributed by atoms with Crippen LogP contribution in [0.2, 0.25) is 0 Å². The number of sulfonamides is 1. The molecule has 108 valence electrons. The van der Waals surface area contributed by atoms with Crippen molar-refractivity contribution in [1.29, 1.82) is 0 Å². The Balaban J connectivity index is 2.90. The van der Waals surface area contributed by atoms with E-state index in [2.05, 4.69) is 5.32 Å². The number of aryl methyl sites for hydroxylation is 1. The average Bonchev–Trinajstić information content (AvgIpc) is 2.38. The van der Waals surface area contributed by atoms with Crippen molar-refractivity contribution < 1.29 is 13.2 Å². The summed E-state index contributed by atoms with van der Waals surface area (Å²) in [6.07, 6.45) is 0.779. The highest BCUT2D eigenvalue weighted by Gasteiger charge is 2.20. The molecule has 0 atom stereocenters. The molecule has 0 unspecified atom stereocenters. The van der Waals surface area contributed by atoms with E-state index in [0.717, 1.165) is 18.5 Å². The summed E-state index contributed by atoms with van der Waals surface area (Å²) in [6.45, 7) is 3.12. The summed E-state index contributed by atoms with van der Waals surface area (Å²) in [6, 6.07) is 4.90. The summed E-state index contributed by atoms with van der Waals surface area (Å²) in [7, 11) is 1.60. The maximum absolute atomic E-state index is 12.3. The predicted molar refractivity (Wildman–Crippen MR) is 76.1 cm³/mol. The molecule has 1 N–H and O–H groups in total. The fraction of sp³-hybridized carbons (Fsp3) is 0.538. The molecule has 0 aromatic heterocycles. The van der Waals surface area contributed by atoms with Crippen LogP contribution in [-0.2, 0) is 10.0 Å². The first kappa shape index (κ1) is 15.9. The molecule has 0 heterocycles. The molecular weight excluding hydrogens is 264 g/mol. The highest BCUT2D eigenvalue weighted by Crippen LogP contribution is 2.23. The molecule has 6 heteroatoms. The average molecular weight is 286 g/mol. The van der Waals surface area contributed by atoms with E-state index in [1.165, 1.54) is 4.31 Å². The molecule has 0 spiro atoms. The van der Waals surface area contributed by atoms with Gasteiger partial charge in [-0.25, -0.2) is 12.7 Å². The molecule has 5 nitrogen and oxygen atoms in total. The third-order valence-electron chi connectivity index (χ3n) is 2.97. The van der Waals surface area contributed by atoms with Crippen molar-refractivity contribution in [3.05, 3.63) is 23.8 Å². The zero-order valence-electron chi connectivity index (χ0n) is 11.9. The Morgan fingerprint density at radius 3 is 2.58 bits per heavy atom. The number of benzene rings is 1. The van der Waals surface area contributed by atoms with Gasteiger partial charge in [0.2, 0.25) is 10.0 Å². The minimum atomic E-state index is -3.42. The van der Waals surface area contributed by atoms with Crippen LogP contribution in [-0.4, -0.2) is 47.0 Å². The van der Waals surface area contributed by atoms with E-state index in [1.54, 1.807) is 32.4 Å². The zero-order chi connectivity index (χ0) is 14.5. The van der Waals surface area contributed by atoms with Gasteiger partial charge in [0.05, 0.1) is 12.0 Å². The monoisotopic (exact) mass is 286 g/mol. The minimum Gasteiger partial charge on any atom is -0.496 e. The second kappa shape index (κ2) is 6.88. The van der Waals surface area contributed by atoms with Crippen molar-refractivity contribution in [1.82, 2.24) is 9.62 Å². The van der Waals surface area contributed by atoms with E-state index < -0.39 is 10.0 Å². The molecule has 0 saturated carbocycles. The summed E-state index contributed by atoms with van der Waals surface area (Å²) < 4.78 is 31.2. The highest BCUT2D eigenvalue weighted by molar-refractivity contribution is 7.89. The lowest BCUT2D eigenvalue weighted by Gasteiger charge is -2.17. The molecule has 0 aliphatic rings. The summed E-state index contributed by atoms with van der Waals surface area (Å²) in [5.74, 6) is 0.691. The van der Waals surface area contributed by atoms with Crippen LogP contribution in [0.15, 0.2) is 23.1 Å². The summed E-state index contributed by atoms with van der Waals surface area (Å²) >= 11 is 0. The Morgan fingerprint density at radius 2 is 2.05 bits per heavy atom. The van der Waals surface area contributed by atoms with Crippen molar-refractivity contribution in [3.63, 3.8) is 0 Å². The molecule has 0 bridgehead atoms. The largest absolute Gasteiger partial charge is 0.496 e. The van der Waals surface area contributed by atoms with Gasteiger partial charge < -0.3 is 10.1 Å². The van der Waals surface area contributed by atoms with E-state index in [9.17, 15) is 8.42 Å². The Hall–Kier alpha value is -1.11. The van der Waals surface area contributed by atoms with Gasteiger partial charge in [0.1, 0.15) is 5.75 Å². The van der Waals surface area contributed by atoms with Gasteiger partial charge in [-0.05, 0) is 50.7 Å². The van der Waals surface area contributed by atoms with Gasteiger partial charge in [0.25, 0.3) is 0 Å². The van der Waals surface area contributed by atoms with Gasteiger partial charge in [-0.1, -0.05) is 0 Å². The third kappa shape index (κ3) is 3.92. The number of hydrogen-bond acceptors (Lipinski definition) is 4. The van der Waals surface area contributed by atoms with E-state index >= 15 is 0 Å². The molecule has 0 aliphatic heterocycles. The van der Waals surface area contributed by atoms with Crippen LogP contribution in [0.5, 0.6) is 5.75 Å². The van der Waals surface area contributed by atoms with Crippen LogP contribution in [0.3, 0.4) is 0 Å². The molecule has 0 fully saturated rings. The van der Waals surface area contributed by atoms with Crippen LogP contribution in [0.25, 0.3) is 0 Å². The molecule has 0 amide bonds. The second-order valence-electron chi connectivity index (χ2n) is 4.42. The van der Waals surface area contributed by atoms with E-state index in [0.29, 0.717) is 17.2 Å². The molecular formula is C13H22N2O3S. The summed E-state index contributed by atoms with van der Waals surface area (Å²) in [5.41, 5.74) is 0.812. The number of rotatable bonds is 7. The number of ether oxygens (including phenoxy) is 1. The lowest BCUT2D eigenvalue weighted by molar-refractivity contribution is 0.411. The number of methoxy groups -OCH3 is 1. The minimum absolute atomic E-state index is 0.303. The van der Waals surface area contributed by atoms with Crippen molar-refractivity contribution in [2.45, 2.75) is 18.2 Å². The molecule has 1 rings (SSSR count). The lowest BCUT2D eigenvalue weighted by atomic mass is 10.2. The van der Waals surface area contributed by atoms with Gasteiger partial charge in [-0.2, -0.15) is 0 Å². The first-order valence-corrected chi connectivity index (χ1v) is 7.63. The standard InChI is InChI=1S/C13H22N2O3S/c1-11-10-12(6-7-13(11)18-4)19(16,17)15(3)9-5-8-14-2/h6-7,10,14H,5,8-9H2,1-4H3. The van der Waals surface area contributed by atoms with Crippen LogP contribution < -0.4 is 10.1 Å². The smallest absolute Gasteiger partial charge is 0.242 e. The first-order chi connectivity index (χ1) is 8.93. The van der Waals surface area contributed by atoms with Crippen molar-refractivity contribution in [2.75, 3.05) is 34.3 Å². The van der Waals surface area contributed by atoms with Crippen molar-refractivity contribution in [2.24, 2.45) is 0 Å². The SMILES string of the molecule is CNCCCN(C)S(=O)(=O)c1ccc(OC)c(C)c1. The van der Waals surface area contributed by atoms with Crippen LogP contribution >= 0.6 is 0 Å². The second-order valence-corrected chi connectivity index (χ2v) is 6.46. The summed E-state index contributed by atoms with van der Waals surface area (Å²) in [5, 5.41) is 3.00. The van der Waals surface area contributed by atoms with E-state index in [4.69, 9.17) is 4.74 Å². The van der Waals surface area contributed by atoms with Crippen molar-refractivity contribution in [3.8, 4) is 5.75 Å². The lowest BCUT2D eigenvalue weighted by Crippen LogP contribution is -2.29. The topological polar surface area (TPSA) is 58.6 Å². The van der Waals surface area contributed by atoms with Crippen LogP contribution in [0.1, 0.15) is 12.0 Å². The summed E-state index contributed by atoms with van der Waals surface area (Å²) in [4.78, 5) is 0.303. The Kier molecular flexibility index (Phi) is 5.78. The normalized spacial score (nSPS) is 11.8. The quantitative estimate of drug-likeness (QED) is 0.766. The molecule has 1 aromatic carbocycles. The number of nitrogens with one attached hydrogen (secondary N) is 1. The van der Waals surface area contributed by atoms with Gasteiger partial charge in [-0.15, -0.1) is 0 Å². The molecule has 1 aromatic rings. The van der Waals surface area contributed by atoms with Crippen molar-refractivity contribution >= 4 is 10.0 Å². The first-order valence-electron chi connectivity index (χ1n) is 6.19. The maximum Gasteiger partial charge on any atom is 0.242 e. The van der Waals surface area contributed by atoms with Gasteiger partial charge in [-0.3, -0.25) is 0 Å². The molecule has 19 heavy (non-hydrogen) atoms. The third-order valence-corrected chi connectivity index (χ3v) is 4.83. The highest BCUT2D eigenvalue weighted by atomic mass is 32.2. The van der Waals surface area contributed by atoms with Gasteiger partial charge in [0.15, 0.2) is 0 Å². The molecule has 0 radical (unpaired) electrons. The van der Waals surface area contributed by atoms with E-state index in [1.807, 2.05) is 14.0 Å². The Bertz CT molecular complexity index is 515. The van der Waals surface area contributed by atoms with Gasteiger partial charge >= 0.3 is 0 Å². The zero-order valence-corrected chi connectivity index (χ0v) is 12.8. The fourth-order valence-corrected chi connectivity index (χ4v) is 3.09. The fourth-order valence-electron chi connectivity index (χ4n) is 1.79. The molecule has 0 aliphatic carbocycles. The number of hydrogen-bond donors (Lipinski definition) is 1. The number of nitrogens with zero attached hydrogens (tertiary/aromatic N) is 1. The predicted octanol–water partition coefficient (Wildman–Crippen LogP) is 1.23. The molecule has 0 saturated heterocycles. The Morgan fingerprint density at radius 1 is 1.37 bits per heavy atom. The van der Waals surface area contributed by atoms with E-state index in [-0.39, 0.29) is 0 Å². The van der Waals surface area contributed by atoms with Crippen LogP contribution in [0, 0.1) is 6.92 Å². The van der Waals surface area contributed by atoms with Crippen LogP contribution in [0.4, 0.5) is 0 Å². The maximum atomic E-state index is 12.3.